The van der Waals surface area contributed by atoms with Gasteiger partial charge in [-0.15, -0.1) is 10.2 Å². The predicted molar refractivity (Wildman–Crippen MR) is 107 cm³/mol. The van der Waals surface area contributed by atoms with Gasteiger partial charge in [0, 0.05) is 24.9 Å². The Balaban J connectivity index is 1.37. The van der Waals surface area contributed by atoms with Gasteiger partial charge in [-0.2, -0.15) is 23.4 Å². The van der Waals surface area contributed by atoms with Crippen molar-refractivity contribution in [2.75, 3.05) is 6.54 Å². The number of halogens is 3. The fraction of sp³-hybridized carbons (Fsp3) is 0.200. The molecule has 0 radical (unpaired) electrons. The Morgan fingerprint density at radius 1 is 1.26 bits per heavy atom. The molecule has 6 rings (SSSR count). The minimum absolute atomic E-state index is 0.126. The van der Waals surface area contributed by atoms with E-state index in [-0.39, 0.29) is 23.9 Å². The van der Waals surface area contributed by atoms with Gasteiger partial charge in [-0.3, -0.25) is 4.79 Å². The quantitative estimate of drug-likeness (QED) is 0.402. The first-order valence-corrected chi connectivity index (χ1v) is 10.1. The molecule has 0 saturated heterocycles. The van der Waals surface area contributed by atoms with Crippen molar-refractivity contribution in [1.29, 1.82) is 0 Å². The van der Waals surface area contributed by atoms with Gasteiger partial charge in [0.25, 0.3) is 5.89 Å². The average molecular weight is 469 g/mol. The molecule has 0 aromatic carbocycles. The molecule has 0 fully saturated rings. The molecule has 1 N–H and O–H groups in total. The Morgan fingerprint density at radius 3 is 2.94 bits per heavy atom. The van der Waals surface area contributed by atoms with Gasteiger partial charge in [0.05, 0.1) is 35.0 Å². The summed E-state index contributed by atoms with van der Waals surface area (Å²) in [6, 6.07) is 5.48. The van der Waals surface area contributed by atoms with E-state index in [1.807, 2.05) is 0 Å². The molecular weight excluding hydrogens is 455 g/mol. The van der Waals surface area contributed by atoms with E-state index in [0.717, 1.165) is 22.6 Å². The standard InChI is InChI=1S/C20H14F3N9O2/c21-14-3-1-2-11-6-13(29-32(11)14)16-15-12(24-9-25-15)4-5-30(16)19(33)18-28-27-17(34-18)10-7-26-31(8-10)20(22)23/h1-3,6-9,16,20H,4-5H2,(H,24,25)/t16-/m1/s1. The van der Waals surface area contributed by atoms with E-state index in [4.69, 9.17) is 4.42 Å². The minimum Gasteiger partial charge on any atom is -0.412 e. The minimum atomic E-state index is -2.83. The SMILES string of the molecule is O=C(c1nnc(-c2cnn(C(F)F)c2)o1)N1CCc2[nH]cnc2[C@H]1c1cc2cccc(F)n2n1. The van der Waals surface area contributed by atoms with Gasteiger partial charge in [0.15, 0.2) is 0 Å². The lowest BCUT2D eigenvalue weighted by atomic mass is 9.99. The molecular formula is C20H14F3N9O2. The van der Waals surface area contributed by atoms with Gasteiger partial charge in [0.1, 0.15) is 6.04 Å². The zero-order valence-corrected chi connectivity index (χ0v) is 17.1. The van der Waals surface area contributed by atoms with Crippen LogP contribution in [0, 0.1) is 5.95 Å². The largest absolute Gasteiger partial charge is 0.412 e. The van der Waals surface area contributed by atoms with Gasteiger partial charge in [-0.25, -0.2) is 14.2 Å². The molecule has 14 heteroatoms. The first-order chi connectivity index (χ1) is 16.5. The van der Waals surface area contributed by atoms with Crippen molar-refractivity contribution in [2.45, 2.75) is 19.0 Å². The number of pyridine rings is 1. The van der Waals surface area contributed by atoms with Crippen molar-refractivity contribution in [3.63, 3.8) is 0 Å². The second-order valence-electron chi connectivity index (χ2n) is 7.57. The zero-order valence-electron chi connectivity index (χ0n) is 17.1. The van der Waals surface area contributed by atoms with Crippen LogP contribution in [0.4, 0.5) is 13.2 Å². The Labute approximate surface area is 187 Å². The van der Waals surface area contributed by atoms with E-state index >= 15 is 0 Å². The second-order valence-corrected chi connectivity index (χ2v) is 7.57. The number of rotatable bonds is 4. The molecule has 11 nitrogen and oxygen atoms in total. The molecule has 1 aliphatic rings. The van der Waals surface area contributed by atoms with Crippen LogP contribution in [0.15, 0.2) is 47.4 Å². The van der Waals surface area contributed by atoms with E-state index in [0.29, 0.717) is 28.0 Å². The fourth-order valence-electron chi connectivity index (χ4n) is 4.03. The van der Waals surface area contributed by atoms with Crippen LogP contribution in [0.5, 0.6) is 0 Å². The van der Waals surface area contributed by atoms with Gasteiger partial charge >= 0.3 is 18.3 Å². The van der Waals surface area contributed by atoms with Crippen molar-refractivity contribution in [2.24, 2.45) is 0 Å². The molecule has 6 heterocycles. The first kappa shape index (κ1) is 20.1. The van der Waals surface area contributed by atoms with Gasteiger partial charge in [-0.1, -0.05) is 6.07 Å². The summed E-state index contributed by atoms with van der Waals surface area (Å²) in [5.74, 6) is -1.61. The van der Waals surface area contributed by atoms with E-state index in [9.17, 15) is 18.0 Å². The maximum atomic E-state index is 14.2. The van der Waals surface area contributed by atoms with Crippen molar-refractivity contribution in [1.82, 2.24) is 44.5 Å². The second kappa shape index (κ2) is 7.54. The molecule has 0 saturated carbocycles. The molecule has 172 valence electrons. The summed E-state index contributed by atoms with van der Waals surface area (Å²) >= 11 is 0. The number of hydrogen-bond donors (Lipinski definition) is 1. The molecule has 1 atom stereocenters. The first-order valence-electron chi connectivity index (χ1n) is 10.1. The van der Waals surface area contributed by atoms with Crippen LogP contribution in [0.3, 0.4) is 0 Å². The summed E-state index contributed by atoms with van der Waals surface area (Å²) in [6.45, 7) is -2.55. The van der Waals surface area contributed by atoms with Crippen LogP contribution in [0.25, 0.3) is 17.0 Å². The third-order valence-electron chi connectivity index (χ3n) is 5.58. The number of hydrogen-bond acceptors (Lipinski definition) is 7. The number of aromatic nitrogens is 8. The topological polar surface area (TPSA) is 123 Å². The summed E-state index contributed by atoms with van der Waals surface area (Å²) in [5, 5.41) is 15.5. The highest BCUT2D eigenvalue weighted by Gasteiger charge is 2.38. The summed E-state index contributed by atoms with van der Waals surface area (Å²) in [5.41, 5.74) is 2.47. The smallest absolute Gasteiger partial charge is 0.333 e. The number of aromatic amines is 1. The lowest BCUT2D eigenvalue weighted by molar-refractivity contribution is 0.0566. The molecule has 0 bridgehead atoms. The lowest BCUT2D eigenvalue weighted by Gasteiger charge is -2.32. The van der Waals surface area contributed by atoms with Crippen molar-refractivity contribution in [3.8, 4) is 11.5 Å². The van der Waals surface area contributed by atoms with E-state index < -0.39 is 24.4 Å². The van der Waals surface area contributed by atoms with Crippen molar-refractivity contribution < 1.29 is 22.4 Å². The Hall–Kier alpha value is -4.49. The summed E-state index contributed by atoms with van der Waals surface area (Å²) in [4.78, 5) is 22.3. The van der Waals surface area contributed by atoms with Gasteiger partial charge in [-0.05, 0) is 18.2 Å². The average Bonchev–Trinajstić information content (AvgIpc) is 3.62. The van der Waals surface area contributed by atoms with Crippen LogP contribution in [-0.2, 0) is 6.42 Å². The fourth-order valence-corrected chi connectivity index (χ4v) is 4.03. The summed E-state index contributed by atoms with van der Waals surface area (Å²) in [6.07, 6.45) is 4.19. The number of amides is 1. The van der Waals surface area contributed by atoms with Gasteiger partial charge in [0.2, 0.25) is 5.95 Å². The molecule has 0 unspecified atom stereocenters. The normalized spacial score (nSPS) is 15.9. The molecule has 34 heavy (non-hydrogen) atoms. The van der Waals surface area contributed by atoms with Crippen LogP contribution >= 0.6 is 0 Å². The van der Waals surface area contributed by atoms with Crippen molar-refractivity contribution >= 4 is 11.4 Å². The molecule has 1 amide bonds. The number of nitrogens with zero attached hydrogens (tertiary/aromatic N) is 8. The van der Waals surface area contributed by atoms with E-state index in [1.165, 1.54) is 17.3 Å². The maximum Gasteiger partial charge on any atom is 0.333 e. The van der Waals surface area contributed by atoms with Crippen LogP contribution in [-0.4, -0.2) is 56.9 Å². The Morgan fingerprint density at radius 2 is 2.15 bits per heavy atom. The predicted octanol–water partition coefficient (Wildman–Crippen LogP) is 2.63. The molecule has 5 aromatic heterocycles. The molecule has 1 aliphatic heterocycles. The van der Waals surface area contributed by atoms with Crippen LogP contribution in [0.2, 0.25) is 0 Å². The monoisotopic (exact) mass is 469 g/mol. The molecule has 0 aliphatic carbocycles. The Bertz CT molecular complexity index is 1520. The van der Waals surface area contributed by atoms with Gasteiger partial charge < -0.3 is 14.3 Å². The number of nitrogens with one attached hydrogen (secondary N) is 1. The maximum absolute atomic E-state index is 14.2. The number of carbonyl (C=O) groups excluding carboxylic acids is 1. The number of alkyl halides is 2. The zero-order chi connectivity index (χ0) is 23.4. The van der Waals surface area contributed by atoms with E-state index in [2.05, 4.69) is 30.4 Å². The van der Waals surface area contributed by atoms with Crippen LogP contribution in [0.1, 0.15) is 40.4 Å². The lowest BCUT2D eigenvalue weighted by Crippen LogP contribution is -2.41. The highest BCUT2D eigenvalue weighted by atomic mass is 19.3. The highest BCUT2D eigenvalue weighted by Crippen LogP contribution is 2.34. The number of imidazole rings is 1. The number of carbonyl (C=O) groups is 1. The van der Waals surface area contributed by atoms with Crippen LogP contribution < -0.4 is 0 Å². The summed E-state index contributed by atoms with van der Waals surface area (Å²) in [7, 11) is 0. The Kier molecular flexibility index (Phi) is 4.46. The summed E-state index contributed by atoms with van der Waals surface area (Å²) < 4.78 is 46.9. The number of H-pyrrole nitrogens is 1. The molecule has 0 spiro atoms. The van der Waals surface area contributed by atoms with E-state index in [1.54, 1.807) is 18.2 Å². The highest BCUT2D eigenvalue weighted by molar-refractivity contribution is 5.90. The third-order valence-corrected chi connectivity index (χ3v) is 5.58. The third kappa shape index (κ3) is 3.14. The van der Waals surface area contributed by atoms with Crippen molar-refractivity contribution in [3.05, 3.63) is 71.9 Å². The number of fused-ring (bicyclic) bond motifs is 2. The molecule has 5 aromatic rings.